The first-order chi connectivity index (χ1) is 29.6. The highest BCUT2D eigenvalue weighted by Crippen LogP contribution is 2.42. The summed E-state index contributed by atoms with van der Waals surface area (Å²) in [5.41, 5.74) is 10.0. The number of fused-ring (bicyclic) bond motifs is 6. The van der Waals surface area contributed by atoms with Crippen molar-refractivity contribution in [2.45, 2.75) is 156 Å². The van der Waals surface area contributed by atoms with Gasteiger partial charge in [-0.2, -0.15) is 0 Å². The maximum absolute atomic E-state index is 6.62. The highest BCUT2D eigenvalue weighted by Gasteiger charge is 2.53. The molecular formula is C54H66B2N2O4. The molecule has 2 aliphatic rings. The van der Waals surface area contributed by atoms with Crippen LogP contribution in [0.5, 0.6) is 0 Å². The Morgan fingerprint density at radius 1 is 0.387 bits per heavy atom. The molecule has 6 nitrogen and oxygen atoms in total. The molecule has 2 fully saturated rings. The Balaban J connectivity index is 1.25. The van der Waals surface area contributed by atoms with Crippen molar-refractivity contribution in [3.8, 4) is 11.4 Å². The quantitative estimate of drug-likeness (QED) is 0.0809. The number of hydrogen-bond acceptors (Lipinski definition) is 4. The molecule has 62 heavy (non-hydrogen) atoms. The van der Waals surface area contributed by atoms with Crippen LogP contribution in [0.15, 0.2) is 97.1 Å². The van der Waals surface area contributed by atoms with Gasteiger partial charge < -0.3 is 27.8 Å². The average molecular weight is 829 g/mol. The van der Waals surface area contributed by atoms with Crippen LogP contribution in [0.4, 0.5) is 0 Å². The topological polar surface area (TPSA) is 46.8 Å². The molecule has 0 saturated carbocycles. The zero-order chi connectivity index (χ0) is 43.6. The van der Waals surface area contributed by atoms with Gasteiger partial charge in [0.1, 0.15) is 0 Å². The highest BCUT2D eigenvalue weighted by molar-refractivity contribution is 6.63. The summed E-state index contributed by atoms with van der Waals surface area (Å²) >= 11 is 0. The van der Waals surface area contributed by atoms with Crippen LogP contribution in [-0.2, 0) is 31.5 Å². The van der Waals surface area contributed by atoms with Gasteiger partial charge in [0.25, 0.3) is 0 Å². The number of nitrogens with zero attached hydrogens (tertiary/aromatic N) is 2. The van der Waals surface area contributed by atoms with Gasteiger partial charge in [0.05, 0.1) is 44.5 Å². The van der Waals surface area contributed by atoms with Crippen molar-refractivity contribution in [2.75, 3.05) is 0 Å². The monoisotopic (exact) mass is 829 g/mol. The first-order valence-corrected chi connectivity index (χ1v) is 23.6. The second-order valence-corrected chi connectivity index (χ2v) is 20.2. The van der Waals surface area contributed by atoms with Gasteiger partial charge in [0, 0.05) is 32.9 Å². The molecule has 5 aromatic carbocycles. The van der Waals surface area contributed by atoms with E-state index in [1.807, 2.05) is 0 Å². The SMILES string of the molecule is CCCCCCc1ccc(-n2c3ccc(B4OC(C)(C)C(C)(C)O4)cc3c3cc4c5cc(B6OC(C)(C)C(C)(C)O6)ccc5n(-c5ccc(CCCCCC)cc5)c4cc32)cc1. The summed E-state index contributed by atoms with van der Waals surface area (Å²) in [6.07, 6.45) is 12.3. The Morgan fingerprint density at radius 3 is 1.10 bits per heavy atom. The molecule has 0 unspecified atom stereocenters. The van der Waals surface area contributed by atoms with Gasteiger partial charge in [0.2, 0.25) is 0 Å². The van der Waals surface area contributed by atoms with E-state index in [2.05, 4.69) is 175 Å². The van der Waals surface area contributed by atoms with Gasteiger partial charge in [-0.25, -0.2) is 0 Å². The lowest BCUT2D eigenvalue weighted by Crippen LogP contribution is -2.41. The number of benzene rings is 5. The normalized spacial score (nSPS) is 18.0. The van der Waals surface area contributed by atoms with Crippen molar-refractivity contribution in [3.05, 3.63) is 108 Å². The Morgan fingerprint density at radius 2 is 0.742 bits per heavy atom. The maximum Gasteiger partial charge on any atom is 0.494 e. The van der Waals surface area contributed by atoms with Gasteiger partial charge in [-0.1, -0.05) is 101 Å². The molecule has 0 aliphatic carbocycles. The van der Waals surface area contributed by atoms with Crippen molar-refractivity contribution >= 4 is 68.8 Å². The lowest BCUT2D eigenvalue weighted by molar-refractivity contribution is 0.00578. The van der Waals surface area contributed by atoms with Crippen molar-refractivity contribution in [1.82, 2.24) is 9.13 Å². The largest absolute Gasteiger partial charge is 0.494 e. The van der Waals surface area contributed by atoms with E-state index in [1.54, 1.807) is 0 Å². The molecule has 7 aromatic rings. The minimum Gasteiger partial charge on any atom is -0.399 e. The minimum absolute atomic E-state index is 0.435. The molecule has 322 valence electrons. The van der Waals surface area contributed by atoms with Crippen LogP contribution in [0.3, 0.4) is 0 Å². The van der Waals surface area contributed by atoms with Gasteiger partial charge in [0.15, 0.2) is 0 Å². The second-order valence-electron chi connectivity index (χ2n) is 20.2. The molecule has 2 saturated heterocycles. The van der Waals surface area contributed by atoms with Crippen LogP contribution in [-0.4, -0.2) is 45.8 Å². The lowest BCUT2D eigenvalue weighted by atomic mass is 9.78. The summed E-state index contributed by atoms with van der Waals surface area (Å²) in [6.45, 7) is 21.5. The molecule has 9 rings (SSSR count). The first kappa shape index (κ1) is 42.9. The summed E-state index contributed by atoms with van der Waals surface area (Å²) in [4.78, 5) is 0. The lowest BCUT2D eigenvalue weighted by Gasteiger charge is -2.32. The van der Waals surface area contributed by atoms with Gasteiger partial charge in [-0.3, -0.25) is 0 Å². The fourth-order valence-corrected chi connectivity index (χ4v) is 9.51. The molecule has 0 spiro atoms. The van der Waals surface area contributed by atoms with E-state index >= 15 is 0 Å². The minimum atomic E-state index is -0.461. The van der Waals surface area contributed by atoms with Crippen LogP contribution in [0.25, 0.3) is 55.0 Å². The molecule has 8 heteroatoms. The predicted molar refractivity (Wildman–Crippen MR) is 262 cm³/mol. The Bertz CT molecular complexity index is 2530. The first-order valence-electron chi connectivity index (χ1n) is 23.6. The van der Waals surface area contributed by atoms with E-state index in [-0.39, 0.29) is 0 Å². The Labute approximate surface area is 370 Å². The summed E-state index contributed by atoms with van der Waals surface area (Å²) in [5.74, 6) is 0. The third-order valence-electron chi connectivity index (χ3n) is 14.8. The summed E-state index contributed by atoms with van der Waals surface area (Å²) in [7, 11) is -0.921. The summed E-state index contributed by atoms with van der Waals surface area (Å²) in [6, 6.07) is 36.9. The molecule has 0 radical (unpaired) electrons. The van der Waals surface area contributed by atoms with E-state index in [4.69, 9.17) is 18.6 Å². The highest BCUT2D eigenvalue weighted by atomic mass is 16.7. The van der Waals surface area contributed by atoms with Crippen LogP contribution in [0.2, 0.25) is 0 Å². The fourth-order valence-electron chi connectivity index (χ4n) is 9.51. The Kier molecular flexibility index (Phi) is 11.3. The van der Waals surface area contributed by atoms with E-state index in [0.717, 1.165) is 57.2 Å². The summed E-state index contributed by atoms with van der Waals surface area (Å²) < 4.78 is 31.4. The molecule has 0 N–H and O–H groups in total. The number of hydrogen-bond donors (Lipinski definition) is 0. The van der Waals surface area contributed by atoms with Crippen LogP contribution >= 0.6 is 0 Å². The average Bonchev–Trinajstić information content (AvgIpc) is 3.88. The zero-order valence-electron chi connectivity index (χ0n) is 39.0. The maximum atomic E-state index is 6.62. The van der Waals surface area contributed by atoms with E-state index in [1.165, 1.54) is 84.0 Å². The molecule has 4 heterocycles. The van der Waals surface area contributed by atoms with Gasteiger partial charge in [-0.15, -0.1) is 0 Å². The number of unbranched alkanes of at least 4 members (excludes halogenated alkanes) is 6. The van der Waals surface area contributed by atoms with Crippen molar-refractivity contribution in [1.29, 1.82) is 0 Å². The fraction of sp³-hybridized carbons (Fsp3) is 0.444. The Hall–Kier alpha value is -4.33. The summed E-state index contributed by atoms with van der Waals surface area (Å²) in [5, 5.41) is 4.73. The van der Waals surface area contributed by atoms with Gasteiger partial charge >= 0.3 is 14.2 Å². The molecular weight excluding hydrogens is 762 g/mol. The van der Waals surface area contributed by atoms with Gasteiger partial charge in [-0.05, 0) is 152 Å². The smallest absolute Gasteiger partial charge is 0.399 e. The van der Waals surface area contributed by atoms with Crippen LogP contribution in [0.1, 0.15) is 132 Å². The predicted octanol–water partition coefficient (Wildman–Crippen LogP) is 12.7. The molecule has 2 aliphatic heterocycles. The van der Waals surface area contributed by atoms with E-state index in [9.17, 15) is 0 Å². The molecule has 2 aromatic heterocycles. The van der Waals surface area contributed by atoms with E-state index in [0.29, 0.717) is 0 Å². The standard InChI is InChI=1S/C54H66B2N2O4/c1-11-13-15-17-19-37-21-27-41(28-22-37)57-47-31-25-39(55-59-51(3,4)52(5,6)60-55)33-43(47)45-35-46-44-34-40(56-61-53(7,8)54(9,10)62-56)26-32-48(44)58(50(46)36-49(45)57)42-29-23-38(24-30-42)20-18-16-14-12-2/h21-36H,11-20H2,1-10H3. The molecule has 0 atom stereocenters. The van der Waals surface area contributed by atoms with Crippen LogP contribution in [0, 0.1) is 0 Å². The van der Waals surface area contributed by atoms with Crippen molar-refractivity contribution < 1.29 is 18.6 Å². The third kappa shape index (κ3) is 7.63. The van der Waals surface area contributed by atoms with E-state index < -0.39 is 36.6 Å². The molecule has 0 bridgehead atoms. The van der Waals surface area contributed by atoms with Crippen molar-refractivity contribution in [2.24, 2.45) is 0 Å². The zero-order valence-corrected chi connectivity index (χ0v) is 39.0. The third-order valence-corrected chi connectivity index (χ3v) is 14.8. The van der Waals surface area contributed by atoms with Crippen molar-refractivity contribution in [3.63, 3.8) is 0 Å². The number of aryl methyl sites for hydroxylation is 2. The molecule has 0 amide bonds. The number of rotatable bonds is 14. The van der Waals surface area contributed by atoms with Crippen LogP contribution < -0.4 is 10.9 Å². The number of aromatic nitrogens is 2. The second kappa shape index (κ2) is 16.3.